The molecule has 4 rings (SSSR count). The summed E-state index contributed by atoms with van der Waals surface area (Å²) < 4.78 is 14.5. The van der Waals surface area contributed by atoms with Gasteiger partial charge in [0, 0.05) is 42.8 Å². The Labute approximate surface area is 174 Å². The van der Waals surface area contributed by atoms with Crippen LogP contribution in [0.3, 0.4) is 0 Å². The lowest BCUT2D eigenvalue weighted by Gasteiger charge is -2.12. The second-order valence-corrected chi connectivity index (χ2v) is 6.84. The number of imidazole rings is 1. The average molecular weight is 405 g/mol. The van der Waals surface area contributed by atoms with Gasteiger partial charge in [0.25, 0.3) is 0 Å². The fourth-order valence-electron chi connectivity index (χ4n) is 3.43. The third kappa shape index (κ3) is 3.71. The molecule has 0 radical (unpaired) electrons. The molecule has 154 valence electrons. The highest BCUT2D eigenvalue weighted by Crippen LogP contribution is 2.34. The van der Waals surface area contributed by atoms with Gasteiger partial charge in [-0.1, -0.05) is 0 Å². The number of hydrogen-bond acceptors (Lipinski definition) is 5. The summed E-state index contributed by atoms with van der Waals surface area (Å²) in [6, 6.07) is 9.58. The SMILES string of the molecule is COc1ccc(-c2nccc3ccn(CC(=O)NCc4nccn4C)c23)cc1OC. The van der Waals surface area contributed by atoms with Crippen LogP contribution in [0.25, 0.3) is 22.2 Å². The maximum Gasteiger partial charge on any atom is 0.240 e. The number of nitrogens with one attached hydrogen (secondary N) is 1. The van der Waals surface area contributed by atoms with Crippen molar-refractivity contribution in [2.45, 2.75) is 13.1 Å². The normalized spacial score (nSPS) is 10.9. The van der Waals surface area contributed by atoms with E-state index in [1.165, 1.54) is 0 Å². The summed E-state index contributed by atoms with van der Waals surface area (Å²) in [5.74, 6) is 1.98. The van der Waals surface area contributed by atoms with E-state index in [9.17, 15) is 4.79 Å². The molecule has 0 bridgehead atoms. The molecule has 8 heteroatoms. The molecule has 0 aliphatic carbocycles. The van der Waals surface area contributed by atoms with E-state index in [1.54, 1.807) is 26.6 Å². The summed E-state index contributed by atoms with van der Waals surface area (Å²) in [4.78, 5) is 21.4. The lowest BCUT2D eigenvalue weighted by molar-refractivity contribution is -0.121. The van der Waals surface area contributed by atoms with Gasteiger partial charge in [-0.3, -0.25) is 9.78 Å². The van der Waals surface area contributed by atoms with Crippen molar-refractivity contribution in [3.05, 3.63) is 60.9 Å². The number of rotatable bonds is 7. The Morgan fingerprint density at radius 3 is 2.60 bits per heavy atom. The number of pyridine rings is 1. The highest BCUT2D eigenvalue weighted by atomic mass is 16.5. The summed E-state index contributed by atoms with van der Waals surface area (Å²) in [7, 11) is 5.10. The summed E-state index contributed by atoms with van der Waals surface area (Å²) >= 11 is 0. The summed E-state index contributed by atoms with van der Waals surface area (Å²) in [5, 5.41) is 3.93. The van der Waals surface area contributed by atoms with E-state index >= 15 is 0 Å². The molecule has 0 atom stereocenters. The first-order valence-electron chi connectivity index (χ1n) is 9.50. The molecule has 1 N–H and O–H groups in total. The van der Waals surface area contributed by atoms with Crippen LogP contribution < -0.4 is 14.8 Å². The minimum atomic E-state index is -0.0994. The van der Waals surface area contributed by atoms with Gasteiger partial charge in [0.15, 0.2) is 11.5 Å². The lowest BCUT2D eigenvalue weighted by Crippen LogP contribution is -2.28. The van der Waals surface area contributed by atoms with Crippen LogP contribution in [0.1, 0.15) is 5.82 Å². The number of carbonyl (C=O) groups excluding carboxylic acids is 1. The second-order valence-electron chi connectivity index (χ2n) is 6.84. The number of fused-ring (bicyclic) bond motifs is 1. The van der Waals surface area contributed by atoms with E-state index in [1.807, 2.05) is 58.9 Å². The van der Waals surface area contributed by atoms with Crippen molar-refractivity contribution in [3.8, 4) is 22.8 Å². The molecule has 3 aromatic heterocycles. The number of hydrogen-bond donors (Lipinski definition) is 1. The Bertz CT molecular complexity index is 1190. The van der Waals surface area contributed by atoms with E-state index in [-0.39, 0.29) is 12.5 Å². The summed E-state index contributed by atoms with van der Waals surface area (Å²) in [6.07, 6.45) is 7.22. The van der Waals surface area contributed by atoms with Crippen LogP contribution in [-0.2, 0) is 24.9 Å². The monoisotopic (exact) mass is 405 g/mol. The van der Waals surface area contributed by atoms with E-state index in [4.69, 9.17) is 9.47 Å². The van der Waals surface area contributed by atoms with Gasteiger partial charge in [0.05, 0.1) is 32.0 Å². The van der Waals surface area contributed by atoms with Crippen molar-refractivity contribution in [2.75, 3.05) is 14.2 Å². The van der Waals surface area contributed by atoms with E-state index in [0.29, 0.717) is 18.0 Å². The number of nitrogens with zero attached hydrogens (tertiary/aromatic N) is 4. The van der Waals surface area contributed by atoms with Crippen molar-refractivity contribution in [1.82, 2.24) is 24.4 Å². The maximum atomic E-state index is 12.6. The first-order valence-corrected chi connectivity index (χ1v) is 9.50. The van der Waals surface area contributed by atoms with Gasteiger partial charge in [-0.05, 0) is 30.3 Å². The molecule has 4 aromatic rings. The molecule has 8 nitrogen and oxygen atoms in total. The zero-order chi connectivity index (χ0) is 21.1. The van der Waals surface area contributed by atoms with Crippen molar-refractivity contribution in [2.24, 2.45) is 7.05 Å². The average Bonchev–Trinajstić information content (AvgIpc) is 3.37. The minimum Gasteiger partial charge on any atom is -0.493 e. The Hall–Kier alpha value is -3.81. The van der Waals surface area contributed by atoms with Crippen LogP contribution in [-0.4, -0.2) is 39.2 Å². The van der Waals surface area contributed by atoms with Crippen LogP contribution in [0.5, 0.6) is 11.5 Å². The van der Waals surface area contributed by atoms with Crippen molar-refractivity contribution < 1.29 is 14.3 Å². The van der Waals surface area contributed by atoms with Gasteiger partial charge in [0.1, 0.15) is 12.4 Å². The van der Waals surface area contributed by atoms with E-state index in [0.717, 1.165) is 28.0 Å². The molecule has 1 amide bonds. The molecule has 0 aliphatic rings. The molecule has 0 spiro atoms. The highest BCUT2D eigenvalue weighted by Gasteiger charge is 2.15. The van der Waals surface area contributed by atoms with Gasteiger partial charge in [-0.15, -0.1) is 0 Å². The predicted octanol–water partition coefficient (Wildman–Crippen LogP) is 2.77. The molecule has 0 unspecified atom stereocenters. The van der Waals surface area contributed by atoms with Crippen LogP contribution in [0.4, 0.5) is 0 Å². The molecule has 1 aromatic carbocycles. The Balaban J connectivity index is 1.63. The first-order chi connectivity index (χ1) is 14.6. The number of methoxy groups -OCH3 is 2. The molecule has 0 saturated carbocycles. The Kier molecular flexibility index (Phi) is 5.38. The third-order valence-electron chi connectivity index (χ3n) is 5.01. The quantitative estimate of drug-likeness (QED) is 0.511. The van der Waals surface area contributed by atoms with Gasteiger partial charge < -0.3 is 23.9 Å². The number of amides is 1. The molecule has 30 heavy (non-hydrogen) atoms. The van der Waals surface area contributed by atoms with E-state index < -0.39 is 0 Å². The van der Waals surface area contributed by atoms with E-state index in [2.05, 4.69) is 15.3 Å². The fourth-order valence-corrected chi connectivity index (χ4v) is 3.43. The minimum absolute atomic E-state index is 0.0994. The van der Waals surface area contributed by atoms with Crippen LogP contribution in [0.2, 0.25) is 0 Å². The lowest BCUT2D eigenvalue weighted by atomic mass is 10.1. The van der Waals surface area contributed by atoms with Gasteiger partial charge >= 0.3 is 0 Å². The van der Waals surface area contributed by atoms with Gasteiger partial charge in [-0.25, -0.2) is 4.98 Å². The number of aryl methyl sites for hydroxylation is 1. The molecule has 0 fully saturated rings. The van der Waals surface area contributed by atoms with Crippen LogP contribution in [0, 0.1) is 0 Å². The standard InChI is InChI=1S/C22H23N5O3/c1-26-11-9-23-19(26)13-25-20(28)14-27-10-7-15-6-8-24-21(22(15)27)16-4-5-17(29-2)18(12-16)30-3/h4-12H,13-14H2,1-3H3,(H,25,28). The van der Waals surface area contributed by atoms with Crippen molar-refractivity contribution >= 4 is 16.8 Å². The molecule has 0 saturated heterocycles. The second kappa shape index (κ2) is 8.28. The maximum absolute atomic E-state index is 12.6. The molecule has 3 heterocycles. The van der Waals surface area contributed by atoms with Gasteiger partial charge in [0.2, 0.25) is 5.91 Å². The number of aromatic nitrogens is 4. The van der Waals surface area contributed by atoms with Crippen molar-refractivity contribution in [3.63, 3.8) is 0 Å². The summed E-state index contributed by atoms with van der Waals surface area (Å²) in [5.41, 5.74) is 2.54. The Morgan fingerprint density at radius 1 is 1.03 bits per heavy atom. The van der Waals surface area contributed by atoms with Crippen LogP contribution in [0.15, 0.2) is 55.1 Å². The molecule has 0 aliphatic heterocycles. The predicted molar refractivity (Wildman–Crippen MR) is 113 cm³/mol. The fraction of sp³-hybridized carbons (Fsp3) is 0.227. The first kappa shape index (κ1) is 19.5. The summed E-state index contributed by atoms with van der Waals surface area (Å²) in [6.45, 7) is 0.558. The zero-order valence-electron chi connectivity index (χ0n) is 17.1. The number of ether oxygens (including phenoxy) is 2. The zero-order valence-corrected chi connectivity index (χ0v) is 17.1. The van der Waals surface area contributed by atoms with Crippen LogP contribution >= 0.6 is 0 Å². The molecular weight excluding hydrogens is 382 g/mol. The largest absolute Gasteiger partial charge is 0.493 e. The topological polar surface area (TPSA) is 83.2 Å². The van der Waals surface area contributed by atoms with Gasteiger partial charge in [-0.2, -0.15) is 0 Å². The highest BCUT2D eigenvalue weighted by molar-refractivity contribution is 5.93. The smallest absolute Gasteiger partial charge is 0.240 e. The number of carbonyl (C=O) groups is 1. The van der Waals surface area contributed by atoms with Crippen molar-refractivity contribution in [1.29, 1.82) is 0 Å². The molecular formula is C22H23N5O3. The number of benzene rings is 1. The Morgan fingerprint density at radius 2 is 1.87 bits per heavy atom. The third-order valence-corrected chi connectivity index (χ3v) is 5.01.